The topological polar surface area (TPSA) is 77.3 Å². The molecule has 0 aliphatic carbocycles. The number of ether oxygens (including phenoxy) is 1. The van der Waals surface area contributed by atoms with Crippen molar-refractivity contribution in [3.05, 3.63) is 54.1 Å². The molecular weight excluding hydrogens is 326 g/mol. The molecule has 0 radical (unpaired) electrons. The number of aromatic nitrogens is 2. The Balaban J connectivity index is 1.83. The zero-order valence-corrected chi connectivity index (χ0v) is 14.0. The van der Waals surface area contributed by atoms with E-state index in [2.05, 4.69) is 15.5 Å². The molecule has 0 atom stereocenters. The Morgan fingerprint density at radius 3 is 2.67 bits per heavy atom. The Morgan fingerprint density at radius 1 is 1.12 bits per heavy atom. The highest BCUT2D eigenvalue weighted by Gasteiger charge is 2.16. The van der Waals surface area contributed by atoms with Crippen molar-refractivity contribution in [2.75, 3.05) is 18.7 Å². The van der Waals surface area contributed by atoms with Gasteiger partial charge in [0.1, 0.15) is 5.75 Å². The van der Waals surface area contributed by atoms with Gasteiger partial charge in [0.15, 0.2) is 0 Å². The zero-order chi connectivity index (χ0) is 16.9. The number of thioether (sulfide) groups is 1. The molecular formula is C17H15N3O3S. The molecule has 1 aromatic heterocycles. The van der Waals surface area contributed by atoms with Crippen LogP contribution in [0.5, 0.6) is 5.75 Å². The SMILES string of the molecule is COc1ccccc1-c1nnc(NC(=O)c2ccccc2SC)o1. The van der Waals surface area contributed by atoms with E-state index in [9.17, 15) is 4.79 Å². The molecule has 3 aromatic rings. The van der Waals surface area contributed by atoms with Gasteiger partial charge in [0, 0.05) is 4.90 Å². The van der Waals surface area contributed by atoms with Crippen LogP contribution in [0.15, 0.2) is 57.8 Å². The summed E-state index contributed by atoms with van der Waals surface area (Å²) < 4.78 is 10.8. The fourth-order valence-electron chi connectivity index (χ4n) is 2.20. The van der Waals surface area contributed by atoms with E-state index in [-0.39, 0.29) is 17.8 Å². The second-order valence-corrected chi connectivity index (χ2v) is 5.62. The molecule has 0 unspecified atom stereocenters. The highest BCUT2D eigenvalue weighted by Crippen LogP contribution is 2.29. The highest BCUT2D eigenvalue weighted by molar-refractivity contribution is 7.98. The Bertz CT molecular complexity index is 864. The van der Waals surface area contributed by atoms with Gasteiger partial charge in [-0.05, 0) is 30.5 Å². The van der Waals surface area contributed by atoms with Crippen LogP contribution in [0.4, 0.5) is 6.01 Å². The lowest BCUT2D eigenvalue weighted by Gasteiger charge is -2.05. The molecule has 1 amide bonds. The molecule has 1 heterocycles. The number of hydrogen-bond acceptors (Lipinski definition) is 6. The maximum atomic E-state index is 12.4. The lowest BCUT2D eigenvalue weighted by molar-refractivity contribution is 0.102. The summed E-state index contributed by atoms with van der Waals surface area (Å²) in [6.07, 6.45) is 1.92. The molecule has 1 N–H and O–H groups in total. The summed E-state index contributed by atoms with van der Waals surface area (Å²) in [5.41, 5.74) is 1.22. The van der Waals surface area contributed by atoms with Gasteiger partial charge in [0.25, 0.3) is 11.8 Å². The number of carbonyl (C=O) groups excluding carboxylic acids is 1. The minimum atomic E-state index is -0.296. The first kappa shape index (κ1) is 16.1. The quantitative estimate of drug-likeness (QED) is 0.713. The number of nitrogens with zero attached hydrogens (tertiary/aromatic N) is 2. The first-order chi connectivity index (χ1) is 11.7. The monoisotopic (exact) mass is 341 g/mol. The molecule has 7 heteroatoms. The Kier molecular flexibility index (Phi) is 4.81. The summed E-state index contributed by atoms with van der Waals surface area (Å²) in [7, 11) is 1.57. The molecule has 0 aliphatic heterocycles. The van der Waals surface area contributed by atoms with Gasteiger partial charge < -0.3 is 9.15 Å². The van der Waals surface area contributed by atoms with Crippen LogP contribution in [-0.2, 0) is 0 Å². The van der Waals surface area contributed by atoms with E-state index in [1.54, 1.807) is 25.3 Å². The number of amides is 1. The lowest BCUT2D eigenvalue weighted by Crippen LogP contribution is -2.13. The third-order valence-electron chi connectivity index (χ3n) is 3.33. The maximum Gasteiger partial charge on any atom is 0.322 e. The van der Waals surface area contributed by atoms with Crippen LogP contribution < -0.4 is 10.1 Å². The van der Waals surface area contributed by atoms with Crippen molar-refractivity contribution in [1.82, 2.24) is 10.2 Å². The average Bonchev–Trinajstić information content (AvgIpc) is 3.09. The molecule has 0 aliphatic rings. The van der Waals surface area contributed by atoms with Crippen molar-refractivity contribution in [3.8, 4) is 17.2 Å². The number of hydrogen-bond donors (Lipinski definition) is 1. The van der Waals surface area contributed by atoms with E-state index >= 15 is 0 Å². The third kappa shape index (κ3) is 3.26. The van der Waals surface area contributed by atoms with Crippen LogP contribution in [0.2, 0.25) is 0 Å². The number of nitrogens with one attached hydrogen (secondary N) is 1. The van der Waals surface area contributed by atoms with Crippen LogP contribution >= 0.6 is 11.8 Å². The summed E-state index contributed by atoms with van der Waals surface area (Å²) in [6.45, 7) is 0. The van der Waals surface area contributed by atoms with E-state index in [0.717, 1.165) is 4.90 Å². The molecule has 24 heavy (non-hydrogen) atoms. The number of methoxy groups -OCH3 is 1. The largest absolute Gasteiger partial charge is 0.496 e. The number of anilines is 1. The second-order valence-electron chi connectivity index (χ2n) is 4.77. The number of carbonyl (C=O) groups is 1. The maximum absolute atomic E-state index is 12.4. The number of rotatable bonds is 5. The van der Waals surface area contributed by atoms with Crippen molar-refractivity contribution in [1.29, 1.82) is 0 Å². The van der Waals surface area contributed by atoms with Crippen molar-refractivity contribution < 1.29 is 13.9 Å². The van der Waals surface area contributed by atoms with Crippen molar-refractivity contribution >= 4 is 23.7 Å². The van der Waals surface area contributed by atoms with Crippen LogP contribution in [0.25, 0.3) is 11.5 Å². The summed E-state index contributed by atoms with van der Waals surface area (Å²) in [5.74, 6) is 0.600. The van der Waals surface area contributed by atoms with Gasteiger partial charge >= 0.3 is 6.01 Å². The molecule has 6 nitrogen and oxygen atoms in total. The fraction of sp³-hybridized carbons (Fsp3) is 0.118. The smallest absolute Gasteiger partial charge is 0.322 e. The van der Waals surface area contributed by atoms with Crippen LogP contribution in [-0.4, -0.2) is 29.5 Å². The van der Waals surface area contributed by atoms with Crippen molar-refractivity contribution in [2.45, 2.75) is 4.90 Å². The summed E-state index contributed by atoms with van der Waals surface area (Å²) in [5, 5.41) is 10.5. The zero-order valence-electron chi connectivity index (χ0n) is 13.1. The first-order valence-corrected chi connectivity index (χ1v) is 8.36. The minimum absolute atomic E-state index is 0.0387. The number of para-hydroxylation sites is 1. The van der Waals surface area contributed by atoms with Gasteiger partial charge in [0.2, 0.25) is 0 Å². The van der Waals surface area contributed by atoms with E-state index in [0.29, 0.717) is 16.9 Å². The normalized spacial score (nSPS) is 10.4. The van der Waals surface area contributed by atoms with E-state index < -0.39 is 0 Å². The van der Waals surface area contributed by atoms with E-state index in [1.807, 2.05) is 36.6 Å². The van der Waals surface area contributed by atoms with Gasteiger partial charge in [-0.1, -0.05) is 29.4 Å². The lowest BCUT2D eigenvalue weighted by atomic mass is 10.2. The van der Waals surface area contributed by atoms with Crippen LogP contribution in [0, 0.1) is 0 Å². The van der Waals surface area contributed by atoms with Gasteiger partial charge in [-0.2, -0.15) is 0 Å². The molecule has 2 aromatic carbocycles. The standard InChI is InChI=1S/C17H15N3O3S/c1-22-13-9-5-3-7-11(13)16-19-20-17(23-16)18-15(21)12-8-4-6-10-14(12)24-2/h3-10H,1-2H3,(H,18,20,21). The molecule has 122 valence electrons. The van der Waals surface area contributed by atoms with Crippen molar-refractivity contribution in [2.24, 2.45) is 0 Å². The number of benzene rings is 2. The first-order valence-electron chi connectivity index (χ1n) is 7.14. The summed E-state index contributed by atoms with van der Waals surface area (Å²) >= 11 is 1.50. The van der Waals surface area contributed by atoms with E-state index in [4.69, 9.17) is 9.15 Å². The Hall–Kier alpha value is -2.80. The molecule has 0 saturated carbocycles. The van der Waals surface area contributed by atoms with Gasteiger partial charge in [-0.3, -0.25) is 10.1 Å². The third-order valence-corrected chi connectivity index (χ3v) is 4.13. The molecule has 0 saturated heterocycles. The average molecular weight is 341 g/mol. The minimum Gasteiger partial charge on any atom is -0.496 e. The molecule has 0 fully saturated rings. The molecule has 0 bridgehead atoms. The Morgan fingerprint density at radius 2 is 1.88 bits per heavy atom. The molecule has 0 spiro atoms. The van der Waals surface area contributed by atoms with Crippen LogP contribution in [0.3, 0.4) is 0 Å². The van der Waals surface area contributed by atoms with Crippen LogP contribution in [0.1, 0.15) is 10.4 Å². The van der Waals surface area contributed by atoms with Gasteiger partial charge in [-0.25, -0.2) is 0 Å². The van der Waals surface area contributed by atoms with Gasteiger partial charge in [0.05, 0.1) is 18.2 Å². The molecule has 3 rings (SSSR count). The van der Waals surface area contributed by atoms with E-state index in [1.165, 1.54) is 11.8 Å². The Labute approximate surface area is 143 Å². The summed E-state index contributed by atoms with van der Waals surface area (Å²) in [6, 6.07) is 14.7. The predicted octanol–water partition coefficient (Wildman–Crippen LogP) is 3.72. The predicted molar refractivity (Wildman–Crippen MR) is 92.5 cm³/mol. The van der Waals surface area contributed by atoms with Crippen molar-refractivity contribution in [3.63, 3.8) is 0 Å². The summed E-state index contributed by atoms with van der Waals surface area (Å²) in [4.78, 5) is 13.3. The van der Waals surface area contributed by atoms with Gasteiger partial charge in [-0.15, -0.1) is 16.9 Å². The highest BCUT2D eigenvalue weighted by atomic mass is 32.2. The second kappa shape index (κ2) is 7.18. The fourth-order valence-corrected chi connectivity index (χ4v) is 2.80.